The summed E-state index contributed by atoms with van der Waals surface area (Å²) in [7, 11) is 1.91. The number of hydrogen-bond acceptors (Lipinski definition) is 2. The largest absolute Gasteiger partial charge is 0.492 e. The van der Waals surface area contributed by atoms with Crippen molar-refractivity contribution < 1.29 is 4.74 Å². The SMILES string of the molecule is CNCCOc1ccc(Cl)cc1Cc1ccccc1. The first-order valence-corrected chi connectivity index (χ1v) is 6.77. The van der Waals surface area contributed by atoms with Gasteiger partial charge in [0, 0.05) is 18.0 Å². The van der Waals surface area contributed by atoms with E-state index in [0.29, 0.717) is 6.61 Å². The van der Waals surface area contributed by atoms with Crippen LogP contribution in [-0.4, -0.2) is 20.2 Å². The molecule has 0 saturated heterocycles. The molecule has 0 atom stereocenters. The van der Waals surface area contributed by atoms with Gasteiger partial charge in [-0.3, -0.25) is 0 Å². The van der Waals surface area contributed by atoms with E-state index in [4.69, 9.17) is 16.3 Å². The Morgan fingerprint density at radius 1 is 1.11 bits per heavy atom. The molecule has 100 valence electrons. The van der Waals surface area contributed by atoms with Gasteiger partial charge < -0.3 is 10.1 Å². The first-order valence-electron chi connectivity index (χ1n) is 6.39. The summed E-state index contributed by atoms with van der Waals surface area (Å²) in [5.74, 6) is 0.906. The Morgan fingerprint density at radius 2 is 1.89 bits per heavy atom. The Labute approximate surface area is 119 Å². The van der Waals surface area contributed by atoms with E-state index in [1.54, 1.807) is 0 Å². The van der Waals surface area contributed by atoms with E-state index in [1.165, 1.54) is 5.56 Å². The van der Waals surface area contributed by atoms with Crippen molar-refractivity contribution in [2.24, 2.45) is 0 Å². The fourth-order valence-corrected chi connectivity index (χ4v) is 2.10. The second-order valence-corrected chi connectivity index (χ2v) is 4.80. The summed E-state index contributed by atoms with van der Waals surface area (Å²) in [6, 6.07) is 16.1. The van der Waals surface area contributed by atoms with E-state index in [0.717, 1.165) is 29.3 Å². The number of benzene rings is 2. The zero-order chi connectivity index (χ0) is 13.5. The van der Waals surface area contributed by atoms with Crippen LogP contribution in [0, 0.1) is 0 Å². The van der Waals surface area contributed by atoms with Gasteiger partial charge in [-0.2, -0.15) is 0 Å². The lowest BCUT2D eigenvalue weighted by Crippen LogP contribution is -2.16. The van der Waals surface area contributed by atoms with E-state index in [9.17, 15) is 0 Å². The van der Waals surface area contributed by atoms with Crippen LogP contribution in [-0.2, 0) is 6.42 Å². The standard InChI is InChI=1S/C16H18ClNO/c1-18-9-10-19-16-8-7-15(17)12-14(16)11-13-5-3-2-4-6-13/h2-8,12,18H,9-11H2,1H3. The van der Waals surface area contributed by atoms with Crippen molar-refractivity contribution in [1.82, 2.24) is 5.32 Å². The molecule has 0 amide bonds. The van der Waals surface area contributed by atoms with Gasteiger partial charge in [0.15, 0.2) is 0 Å². The lowest BCUT2D eigenvalue weighted by atomic mass is 10.0. The molecule has 0 radical (unpaired) electrons. The molecule has 0 aromatic heterocycles. The Hall–Kier alpha value is -1.51. The summed E-state index contributed by atoms with van der Waals surface area (Å²) in [4.78, 5) is 0. The molecule has 2 rings (SSSR count). The third kappa shape index (κ3) is 4.27. The van der Waals surface area contributed by atoms with Crippen LogP contribution in [0.4, 0.5) is 0 Å². The molecular weight excluding hydrogens is 258 g/mol. The molecule has 0 aliphatic rings. The third-order valence-corrected chi connectivity index (χ3v) is 3.10. The maximum absolute atomic E-state index is 6.08. The Morgan fingerprint density at radius 3 is 2.63 bits per heavy atom. The maximum atomic E-state index is 6.08. The van der Waals surface area contributed by atoms with Crippen LogP contribution in [0.15, 0.2) is 48.5 Å². The molecule has 0 aliphatic heterocycles. The van der Waals surface area contributed by atoms with Gasteiger partial charge in [-0.1, -0.05) is 41.9 Å². The summed E-state index contributed by atoms with van der Waals surface area (Å²) in [5, 5.41) is 3.81. The van der Waals surface area contributed by atoms with Crippen LogP contribution in [0.25, 0.3) is 0 Å². The molecular formula is C16H18ClNO. The van der Waals surface area contributed by atoms with Gasteiger partial charge in [-0.25, -0.2) is 0 Å². The molecule has 19 heavy (non-hydrogen) atoms. The highest BCUT2D eigenvalue weighted by Crippen LogP contribution is 2.25. The smallest absolute Gasteiger partial charge is 0.122 e. The summed E-state index contributed by atoms with van der Waals surface area (Å²) >= 11 is 6.08. The summed E-state index contributed by atoms with van der Waals surface area (Å²) < 4.78 is 5.78. The zero-order valence-corrected chi connectivity index (χ0v) is 11.8. The van der Waals surface area contributed by atoms with Gasteiger partial charge in [-0.15, -0.1) is 0 Å². The van der Waals surface area contributed by atoms with Gasteiger partial charge >= 0.3 is 0 Å². The van der Waals surface area contributed by atoms with Crippen LogP contribution in [0.1, 0.15) is 11.1 Å². The lowest BCUT2D eigenvalue weighted by Gasteiger charge is -2.12. The minimum atomic E-state index is 0.653. The van der Waals surface area contributed by atoms with Crippen LogP contribution in [0.3, 0.4) is 0 Å². The number of halogens is 1. The number of hydrogen-bond donors (Lipinski definition) is 1. The van der Waals surface area contributed by atoms with Gasteiger partial charge in [-0.05, 0) is 36.4 Å². The van der Waals surface area contributed by atoms with Crippen molar-refractivity contribution in [1.29, 1.82) is 0 Å². The maximum Gasteiger partial charge on any atom is 0.122 e. The summed E-state index contributed by atoms with van der Waals surface area (Å²) in [6.07, 6.45) is 0.830. The molecule has 0 bridgehead atoms. The molecule has 2 nitrogen and oxygen atoms in total. The predicted octanol–water partition coefficient (Wildman–Crippen LogP) is 3.53. The highest BCUT2D eigenvalue weighted by atomic mass is 35.5. The average Bonchev–Trinajstić information content (AvgIpc) is 2.43. The Kier molecular flexibility index (Phi) is 5.25. The highest BCUT2D eigenvalue weighted by Gasteiger charge is 2.06. The van der Waals surface area contributed by atoms with E-state index < -0.39 is 0 Å². The molecule has 0 spiro atoms. The second-order valence-electron chi connectivity index (χ2n) is 4.37. The van der Waals surface area contributed by atoms with Crippen LogP contribution in [0.2, 0.25) is 5.02 Å². The average molecular weight is 276 g/mol. The van der Waals surface area contributed by atoms with Crippen molar-refractivity contribution in [2.45, 2.75) is 6.42 Å². The second kappa shape index (κ2) is 7.17. The fraction of sp³-hybridized carbons (Fsp3) is 0.250. The first-order chi connectivity index (χ1) is 9.29. The molecule has 1 N–H and O–H groups in total. The van der Waals surface area contributed by atoms with Crippen molar-refractivity contribution in [3.05, 3.63) is 64.7 Å². The zero-order valence-electron chi connectivity index (χ0n) is 11.0. The molecule has 0 heterocycles. The predicted molar refractivity (Wildman–Crippen MR) is 80.1 cm³/mol. The highest BCUT2D eigenvalue weighted by molar-refractivity contribution is 6.30. The van der Waals surface area contributed by atoms with Crippen molar-refractivity contribution in [3.8, 4) is 5.75 Å². The van der Waals surface area contributed by atoms with Gasteiger partial charge in [0.05, 0.1) is 0 Å². The van der Waals surface area contributed by atoms with Crippen molar-refractivity contribution >= 4 is 11.6 Å². The van der Waals surface area contributed by atoms with E-state index >= 15 is 0 Å². The molecule has 0 unspecified atom stereocenters. The molecule has 0 aliphatic carbocycles. The Bertz CT molecular complexity index is 513. The molecule has 0 saturated carbocycles. The normalized spacial score (nSPS) is 10.4. The summed E-state index contributed by atoms with van der Waals surface area (Å²) in [6.45, 7) is 1.48. The van der Waals surface area contributed by atoms with E-state index in [1.807, 2.05) is 43.4 Å². The van der Waals surface area contributed by atoms with Gasteiger partial charge in [0.2, 0.25) is 0 Å². The molecule has 3 heteroatoms. The number of likely N-dealkylation sites (N-methyl/N-ethyl adjacent to an activating group) is 1. The number of nitrogens with one attached hydrogen (secondary N) is 1. The summed E-state index contributed by atoms with van der Waals surface area (Å²) in [5.41, 5.74) is 2.37. The number of rotatable bonds is 6. The number of ether oxygens (including phenoxy) is 1. The van der Waals surface area contributed by atoms with Gasteiger partial charge in [0.25, 0.3) is 0 Å². The van der Waals surface area contributed by atoms with Crippen LogP contribution in [0.5, 0.6) is 5.75 Å². The van der Waals surface area contributed by atoms with Crippen molar-refractivity contribution in [3.63, 3.8) is 0 Å². The topological polar surface area (TPSA) is 21.3 Å². The third-order valence-electron chi connectivity index (χ3n) is 2.87. The minimum absolute atomic E-state index is 0.653. The fourth-order valence-electron chi connectivity index (χ4n) is 1.91. The van der Waals surface area contributed by atoms with Crippen LogP contribution >= 0.6 is 11.6 Å². The minimum Gasteiger partial charge on any atom is -0.492 e. The first kappa shape index (κ1) is 13.9. The molecule has 2 aromatic carbocycles. The van der Waals surface area contributed by atoms with Crippen LogP contribution < -0.4 is 10.1 Å². The van der Waals surface area contributed by atoms with Crippen molar-refractivity contribution in [2.75, 3.05) is 20.2 Å². The monoisotopic (exact) mass is 275 g/mol. The van der Waals surface area contributed by atoms with Gasteiger partial charge in [0.1, 0.15) is 12.4 Å². The molecule has 0 fully saturated rings. The lowest BCUT2D eigenvalue weighted by molar-refractivity contribution is 0.315. The Balaban J connectivity index is 2.15. The van der Waals surface area contributed by atoms with E-state index in [2.05, 4.69) is 17.4 Å². The quantitative estimate of drug-likeness (QED) is 0.815. The molecule has 2 aromatic rings. The van der Waals surface area contributed by atoms with E-state index in [-0.39, 0.29) is 0 Å².